The molecule has 31 heavy (non-hydrogen) atoms. The lowest BCUT2D eigenvalue weighted by atomic mass is 9.93. The molecule has 1 amide bonds. The zero-order valence-electron chi connectivity index (χ0n) is 18.0. The molecule has 3 aromatic rings. The fraction of sp³-hybridized carbons (Fsp3) is 0.240. The molecule has 1 aromatic heterocycles. The Morgan fingerprint density at radius 2 is 2.03 bits per heavy atom. The smallest absolute Gasteiger partial charge is 0.252 e. The number of ether oxygens (including phenoxy) is 1. The van der Waals surface area contributed by atoms with Crippen LogP contribution in [0.4, 0.5) is 0 Å². The average molecular weight is 415 g/mol. The second-order valence-corrected chi connectivity index (χ2v) is 7.84. The van der Waals surface area contributed by atoms with Crippen LogP contribution < -0.4 is 15.4 Å². The SMILES string of the molecule is CN/C=C(\C=N)c1cc(C2(NC(=O)c3cc(OC)ccc3C)CC2)c2cccnc2c1. The van der Waals surface area contributed by atoms with Gasteiger partial charge in [-0.3, -0.25) is 9.78 Å². The van der Waals surface area contributed by atoms with Crippen LogP contribution >= 0.6 is 0 Å². The molecule has 6 heteroatoms. The monoisotopic (exact) mass is 414 g/mol. The summed E-state index contributed by atoms with van der Waals surface area (Å²) in [6.07, 6.45) is 6.58. The Morgan fingerprint density at radius 1 is 1.23 bits per heavy atom. The molecule has 2 aromatic carbocycles. The quantitative estimate of drug-likeness (QED) is 0.506. The zero-order valence-corrected chi connectivity index (χ0v) is 18.0. The number of pyridine rings is 1. The van der Waals surface area contributed by atoms with Gasteiger partial charge in [-0.05, 0) is 66.8 Å². The maximum absolute atomic E-state index is 13.2. The Balaban J connectivity index is 1.78. The fourth-order valence-corrected chi connectivity index (χ4v) is 3.95. The Kier molecular flexibility index (Phi) is 5.46. The van der Waals surface area contributed by atoms with Crippen LogP contribution in [-0.2, 0) is 5.54 Å². The van der Waals surface area contributed by atoms with Gasteiger partial charge < -0.3 is 20.8 Å². The van der Waals surface area contributed by atoms with E-state index in [-0.39, 0.29) is 5.91 Å². The molecule has 0 spiro atoms. The molecule has 0 saturated heterocycles. The summed E-state index contributed by atoms with van der Waals surface area (Å²) < 4.78 is 5.30. The van der Waals surface area contributed by atoms with E-state index in [0.717, 1.165) is 46.0 Å². The first-order chi connectivity index (χ1) is 15.0. The molecule has 0 unspecified atom stereocenters. The highest BCUT2D eigenvalue weighted by molar-refractivity contribution is 6.09. The Morgan fingerprint density at radius 3 is 2.71 bits per heavy atom. The van der Waals surface area contributed by atoms with Crippen molar-refractivity contribution < 1.29 is 9.53 Å². The molecule has 1 heterocycles. The summed E-state index contributed by atoms with van der Waals surface area (Å²) in [5.41, 5.74) is 4.59. The normalized spacial score (nSPS) is 14.7. The third-order valence-electron chi connectivity index (χ3n) is 5.82. The molecule has 3 N–H and O–H groups in total. The van der Waals surface area contributed by atoms with Gasteiger partial charge in [0.05, 0.1) is 18.2 Å². The molecule has 1 saturated carbocycles. The number of nitrogens with zero attached hydrogens (tertiary/aromatic N) is 1. The van der Waals surface area contributed by atoms with Crippen molar-refractivity contribution in [3.05, 3.63) is 77.1 Å². The summed E-state index contributed by atoms with van der Waals surface area (Å²) in [7, 11) is 3.40. The van der Waals surface area contributed by atoms with Gasteiger partial charge in [-0.25, -0.2) is 0 Å². The lowest BCUT2D eigenvalue weighted by molar-refractivity contribution is 0.0930. The first-order valence-electron chi connectivity index (χ1n) is 10.3. The molecule has 0 atom stereocenters. The van der Waals surface area contributed by atoms with Crippen molar-refractivity contribution in [2.45, 2.75) is 25.3 Å². The number of amides is 1. The molecule has 158 valence electrons. The maximum atomic E-state index is 13.2. The third-order valence-corrected chi connectivity index (χ3v) is 5.82. The maximum Gasteiger partial charge on any atom is 0.252 e. The number of aromatic nitrogens is 1. The van der Waals surface area contributed by atoms with E-state index in [2.05, 4.69) is 21.7 Å². The van der Waals surface area contributed by atoms with E-state index in [1.54, 1.807) is 25.6 Å². The van der Waals surface area contributed by atoms with Gasteiger partial charge in [-0.1, -0.05) is 12.1 Å². The highest BCUT2D eigenvalue weighted by atomic mass is 16.5. The minimum Gasteiger partial charge on any atom is -0.497 e. The first kappa shape index (κ1) is 20.6. The molecular weight excluding hydrogens is 388 g/mol. The first-order valence-corrected chi connectivity index (χ1v) is 10.3. The number of hydrogen-bond acceptors (Lipinski definition) is 5. The van der Waals surface area contributed by atoms with Gasteiger partial charge in [0.15, 0.2) is 0 Å². The van der Waals surface area contributed by atoms with E-state index >= 15 is 0 Å². The number of carbonyl (C=O) groups is 1. The van der Waals surface area contributed by atoms with E-state index in [1.807, 2.05) is 44.3 Å². The summed E-state index contributed by atoms with van der Waals surface area (Å²) in [6.45, 7) is 1.92. The largest absolute Gasteiger partial charge is 0.497 e. The predicted molar refractivity (Wildman–Crippen MR) is 124 cm³/mol. The van der Waals surface area contributed by atoms with Crippen molar-refractivity contribution in [1.29, 1.82) is 5.41 Å². The Labute approximate surface area is 181 Å². The van der Waals surface area contributed by atoms with E-state index in [0.29, 0.717) is 11.3 Å². The van der Waals surface area contributed by atoms with Gasteiger partial charge in [0, 0.05) is 42.2 Å². The Bertz CT molecular complexity index is 1200. The number of carbonyl (C=O) groups excluding carboxylic acids is 1. The number of hydrogen-bond donors (Lipinski definition) is 3. The van der Waals surface area contributed by atoms with Crippen LogP contribution in [-0.4, -0.2) is 31.3 Å². The number of rotatable bonds is 7. The Hall–Kier alpha value is -3.67. The molecule has 0 bridgehead atoms. The minimum atomic E-state index is -0.448. The molecular formula is C25H26N4O2. The van der Waals surface area contributed by atoms with Gasteiger partial charge in [0.2, 0.25) is 0 Å². The van der Waals surface area contributed by atoms with Crippen molar-refractivity contribution in [3.63, 3.8) is 0 Å². The number of allylic oxidation sites excluding steroid dienone is 1. The second kappa shape index (κ2) is 8.22. The van der Waals surface area contributed by atoms with Crippen molar-refractivity contribution in [1.82, 2.24) is 15.6 Å². The molecule has 4 rings (SSSR count). The van der Waals surface area contributed by atoms with Crippen molar-refractivity contribution in [2.75, 3.05) is 14.2 Å². The van der Waals surface area contributed by atoms with Crippen LogP contribution in [0.1, 0.15) is 39.9 Å². The topological polar surface area (TPSA) is 87.1 Å². The highest BCUT2D eigenvalue weighted by Gasteiger charge is 2.47. The molecule has 1 fully saturated rings. The standard InChI is InChI=1S/C25H26N4O2/c1-16-6-7-19(31-3)13-21(16)24(30)29-25(8-9-25)22-11-17(18(14-26)15-27-2)12-23-20(22)5-4-10-28-23/h4-7,10-15,26-27H,8-9H2,1-3H3,(H,29,30)/b18-15+,26-14?. The van der Waals surface area contributed by atoms with Gasteiger partial charge in [0.25, 0.3) is 5.91 Å². The van der Waals surface area contributed by atoms with E-state index in [1.165, 1.54) is 6.21 Å². The van der Waals surface area contributed by atoms with Crippen LogP contribution in [0.25, 0.3) is 16.5 Å². The fourth-order valence-electron chi connectivity index (χ4n) is 3.95. The third kappa shape index (κ3) is 3.89. The summed E-state index contributed by atoms with van der Waals surface area (Å²) in [5.74, 6) is 0.541. The summed E-state index contributed by atoms with van der Waals surface area (Å²) in [6, 6.07) is 13.5. The molecule has 1 aliphatic rings. The zero-order chi connectivity index (χ0) is 22.0. The number of nitrogens with one attached hydrogen (secondary N) is 3. The second-order valence-electron chi connectivity index (χ2n) is 7.84. The van der Waals surface area contributed by atoms with Gasteiger partial charge in [-0.2, -0.15) is 0 Å². The van der Waals surface area contributed by atoms with Gasteiger partial charge in [0.1, 0.15) is 5.75 Å². The lowest BCUT2D eigenvalue weighted by Crippen LogP contribution is -2.35. The van der Waals surface area contributed by atoms with Gasteiger partial charge in [-0.15, -0.1) is 0 Å². The molecule has 0 radical (unpaired) electrons. The molecule has 1 aliphatic carbocycles. The average Bonchev–Trinajstić information content (AvgIpc) is 3.57. The van der Waals surface area contributed by atoms with Crippen molar-refractivity contribution >= 4 is 28.6 Å². The highest BCUT2D eigenvalue weighted by Crippen LogP contribution is 2.48. The number of aryl methyl sites for hydroxylation is 1. The molecule has 6 nitrogen and oxygen atoms in total. The predicted octanol–water partition coefficient (Wildman–Crippen LogP) is 4.18. The van der Waals surface area contributed by atoms with Crippen LogP contribution in [0, 0.1) is 12.3 Å². The van der Waals surface area contributed by atoms with Crippen LogP contribution in [0.15, 0.2) is 54.9 Å². The molecule has 0 aliphatic heterocycles. The summed E-state index contributed by atoms with van der Waals surface area (Å²) in [5, 5.41) is 15.1. The summed E-state index contributed by atoms with van der Waals surface area (Å²) >= 11 is 0. The van der Waals surface area contributed by atoms with Crippen LogP contribution in [0.2, 0.25) is 0 Å². The lowest BCUT2D eigenvalue weighted by Gasteiger charge is -2.22. The number of fused-ring (bicyclic) bond motifs is 1. The van der Waals surface area contributed by atoms with Gasteiger partial charge >= 0.3 is 0 Å². The number of benzene rings is 2. The minimum absolute atomic E-state index is 0.116. The van der Waals surface area contributed by atoms with E-state index in [9.17, 15) is 4.79 Å². The van der Waals surface area contributed by atoms with Crippen molar-refractivity contribution in [2.24, 2.45) is 0 Å². The van der Waals surface area contributed by atoms with Crippen LogP contribution in [0.5, 0.6) is 5.75 Å². The van der Waals surface area contributed by atoms with E-state index in [4.69, 9.17) is 10.1 Å². The van der Waals surface area contributed by atoms with E-state index < -0.39 is 5.54 Å². The van der Waals surface area contributed by atoms with Crippen molar-refractivity contribution in [3.8, 4) is 5.75 Å². The van der Waals surface area contributed by atoms with Crippen LogP contribution in [0.3, 0.4) is 0 Å². The number of methoxy groups -OCH3 is 1. The summed E-state index contributed by atoms with van der Waals surface area (Å²) in [4.78, 5) is 17.8.